The number of hydrogen-bond donors (Lipinski definition) is 0. The molecule has 1 aromatic rings. The van der Waals surface area contributed by atoms with Gasteiger partial charge in [-0.3, -0.25) is 4.68 Å². The number of rotatable bonds is 3. The van der Waals surface area contributed by atoms with E-state index in [1.807, 2.05) is 0 Å². The molecule has 0 aliphatic rings. The minimum absolute atomic E-state index is 0.0479. The molecule has 0 fully saturated rings. The Morgan fingerprint density at radius 3 is 2.75 bits per heavy atom. The highest BCUT2D eigenvalue weighted by Gasteiger charge is 2.29. The molecule has 0 aromatic carbocycles. The topological polar surface area (TPSA) is 44.1 Å². The molecule has 16 heavy (non-hydrogen) atoms. The fraction of sp³-hybridized carbons (Fsp3) is 0.500. The molecule has 8 heteroatoms. The molecule has 0 unspecified atom stereocenters. The maximum atomic E-state index is 12.1. The van der Waals surface area contributed by atoms with Gasteiger partial charge in [0, 0.05) is 6.20 Å². The Labute approximate surface area is 103 Å². The Bertz CT molecular complexity index is 389. The van der Waals surface area contributed by atoms with Crippen LogP contribution in [0.15, 0.2) is 6.20 Å². The standard InChI is InChI=1S/C8H8F3IN2O2/c1-2-16-7(15)5-3-14(13-6(5)12)4-8(9,10)11/h3H,2,4H2,1H3. The Kier molecular flexibility index (Phi) is 4.16. The minimum Gasteiger partial charge on any atom is -0.462 e. The predicted molar refractivity (Wildman–Crippen MR) is 57.0 cm³/mol. The third-order valence-corrected chi connectivity index (χ3v) is 2.35. The van der Waals surface area contributed by atoms with E-state index < -0.39 is 18.7 Å². The maximum Gasteiger partial charge on any atom is 0.408 e. The second-order valence-corrected chi connectivity index (χ2v) is 3.89. The van der Waals surface area contributed by atoms with Crippen molar-refractivity contribution in [2.75, 3.05) is 6.61 Å². The minimum atomic E-state index is -4.36. The first-order valence-corrected chi connectivity index (χ1v) is 5.38. The van der Waals surface area contributed by atoms with E-state index in [1.54, 1.807) is 29.5 Å². The molecule has 1 rings (SSSR count). The van der Waals surface area contributed by atoms with Gasteiger partial charge in [0.25, 0.3) is 0 Å². The van der Waals surface area contributed by atoms with Crippen LogP contribution in [-0.4, -0.2) is 28.5 Å². The molecule has 1 aromatic heterocycles. The van der Waals surface area contributed by atoms with E-state index in [0.29, 0.717) is 4.68 Å². The molecular weight excluding hydrogens is 340 g/mol. The molecule has 0 N–H and O–H groups in total. The molecule has 1 heterocycles. The maximum absolute atomic E-state index is 12.1. The van der Waals surface area contributed by atoms with E-state index in [2.05, 4.69) is 9.84 Å². The first-order valence-electron chi connectivity index (χ1n) is 4.30. The van der Waals surface area contributed by atoms with Crippen molar-refractivity contribution in [1.29, 1.82) is 0 Å². The van der Waals surface area contributed by atoms with Gasteiger partial charge < -0.3 is 4.74 Å². The number of carbonyl (C=O) groups excluding carboxylic acids is 1. The van der Waals surface area contributed by atoms with Crippen LogP contribution in [0.3, 0.4) is 0 Å². The molecule has 0 saturated carbocycles. The van der Waals surface area contributed by atoms with Gasteiger partial charge in [-0.15, -0.1) is 0 Å². The lowest BCUT2D eigenvalue weighted by Gasteiger charge is -2.04. The van der Waals surface area contributed by atoms with Crippen molar-refractivity contribution in [3.63, 3.8) is 0 Å². The normalized spacial score (nSPS) is 11.6. The molecule has 90 valence electrons. The average Bonchev–Trinajstić information content (AvgIpc) is 2.44. The van der Waals surface area contributed by atoms with Gasteiger partial charge >= 0.3 is 12.1 Å². The number of alkyl halides is 3. The van der Waals surface area contributed by atoms with Crippen molar-refractivity contribution in [2.45, 2.75) is 19.6 Å². The van der Waals surface area contributed by atoms with Crippen LogP contribution < -0.4 is 0 Å². The van der Waals surface area contributed by atoms with Crippen LogP contribution in [0.5, 0.6) is 0 Å². The van der Waals surface area contributed by atoms with Crippen molar-refractivity contribution in [1.82, 2.24) is 9.78 Å². The zero-order chi connectivity index (χ0) is 12.3. The largest absolute Gasteiger partial charge is 0.462 e. The van der Waals surface area contributed by atoms with Crippen LogP contribution in [-0.2, 0) is 11.3 Å². The Hall–Kier alpha value is -0.800. The fourth-order valence-corrected chi connectivity index (χ4v) is 1.64. The Morgan fingerprint density at radius 1 is 1.62 bits per heavy atom. The number of aromatic nitrogens is 2. The smallest absolute Gasteiger partial charge is 0.408 e. The van der Waals surface area contributed by atoms with Crippen LogP contribution in [0.4, 0.5) is 13.2 Å². The first kappa shape index (κ1) is 13.3. The number of carbonyl (C=O) groups is 1. The lowest BCUT2D eigenvalue weighted by atomic mass is 10.4. The number of halogens is 4. The van der Waals surface area contributed by atoms with Gasteiger partial charge in [-0.25, -0.2) is 4.79 Å². The van der Waals surface area contributed by atoms with Crippen LogP contribution in [0.2, 0.25) is 0 Å². The van der Waals surface area contributed by atoms with Crippen molar-refractivity contribution in [3.8, 4) is 0 Å². The highest BCUT2D eigenvalue weighted by molar-refractivity contribution is 14.1. The summed E-state index contributed by atoms with van der Waals surface area (Å²) in [7, 11) is 0. The quantitative estimate of drug-likeness (QED) is 0.622. The molecule has 0 aliphatic heterocycles. The van der Waals surface area contributed by atoms with Crippen LogP contribution >= 0.6 is 22.6 Å². The van der Waals surface area contributed by atoms with E-state index >= 15 is 0 Å². The van der Waals surface area contributed by atoms with E-state index in [-0.39, 0.29) is 15.9 Å². The van der Waals surface area contributed by atoms with Gasteiger partial charge in [0.05, 0.1) is 6.61 Å². The summed E-state index contributed by atoms with van der Waals surface area (Å²) in [6.45, 7) is 0.562. The second-order valence-electron chi connectivity index (χ2n) is 2.87. The van der Waals surface area contributed by atoms with E-state index in [1.165, 1.54) is 0 Å². The third-order valence-electron chi connectivity index (χ3n) is 1.55. The Balaban J connectivity index is 2.86. The van der Waals surface area contributed by atoms with Crippen molar-refractivity contribution in [2.24, 2.45) is 0 Å². The molecule has 0 saturated heterocycles. The third kappa shape index (κ3) is 3.65. The summed E-state index contributed by atoms with van der Waals surface area (Å²) in [4.78, 5) is 11.3. The summed E-state index contributed by atoms with van der Waals surface area (Å²) in [5, 5.41) is 3.58. The summed E-state index contributed by atoms with van der Waals surface area (Å²) in [5.74, 6) is -0.666. The first-order chi connectivity index (χ1) is 7.33. The summed E-state index contributed by atoms with van der Waals surface area (Å²) < 4.78 is 41.7. The molecule has 0 atom stereocenters. The molecule has 0 radical (unpaired) electrons. The monoisotopic (exact) mass is 348 g/mol. The lowest BCUT2D eigenvalue weighted by molar-refractivity contribution is -0.142. The fourth-order valence-electron chi connectivity index (χ4n) is 1.01. The average molecular weight is 348 g/mol. The van der Waals surface area contributed by atoms with Gasteiger partial charge in [-0.05, 0) is 29.5 Å². The molecule has 0 bridgehead atoms. The molecule has 4 nitrogen and oxygen atoms in total. The molecule has 0 aliphatic carbocycles. The van der Waals surface area contributed by atoms with Gasteiger partial charge in [0.2, 0.25) is 0 Å². The van der Waals surface area contributed by atoms with E-state index in [9.17, 15) is 18.0 Å². The van der Waals surface area contributed by atoms with Gasteiger partial charge in [-0.2, -0.15) is 18.3 Å². The zero-order valence-corrected chi connectivity index (χ0v) is 10.4. The number of hydrogen-bond acceptors (Lipinski definition) is 3. The second kappa shape index (κ2) is 5.02. The Morgan fingerprint density at radius 2 is 2.25 bits per heavy atom. The summed E-state index contributed by atoms with van der Waals surface area (Å²) in [6, 6.07) is 0. The molecule has 0 spiro atoms. The van der Waals surface area contributed by atoms with Crippen molar-refractivity contribution >= 4 is 28.6 Å². The lowest BCUT2D eigenvalue weighted by Crippen LogP contribution is -2.18. The van der Waals surface area contributed by atoms with Crippen molar-refractivity contribution in [3.05, 3.63) is 15.5 Å². The number of esters is 1. The highest BCUT2D eigenvalue weighted by Crippen LogP contribution is 2.19. The van der Waals surface area contributed by atoms with Gasteiger partial charge in [0.1, 0.15) is 15.8 Å². The van der Waals surface area contributed by atoms with Crippen LogP contribution in [0.1, 0.15) is 17.3 Å². The molecule has 0 amide bonds. The van der Waals surface area contributed by atoms with E-state index in [4.69, 9.17) is 0 Å². The van der Waals surface area contributed by atoms with Gasteiger partial charge in [-0.1, -0.05) is 0 Å². The summed E-state index contributed by atoms with van der Waals surface area (Å²) in [5.41, 5.74) is 0.0479. The summed E-state index contributed by atoms with van der Waals surface area (Å²) in [6.07, 6.45) is -3.33. The number of ether oxygens (including phenoxy) is 1. The zero-order valence-electron chi connectivity index (χ0n) is 8.21. The SMILES string of the molecule is CCOC(=O)c1cn(CC(F)(F)F)nc1I. The van der Waals surface area contributed by atoms with Crippen LogP contribution in [0.25, 0.3) is 0 Å². The van der Waals surface area contributed by atoms with Gasteiger partial charge in [0.15, 0.2) is 0 Å². The summed E-state index contributed by atoms with van der Waals surface area (Å²) >= 11 is 1.69. The van der Waals surface area contributed by atoms with Crippen molar-refractivity contribution < 1.29 is 22.7 Å². The van der Waals surface area contributed by atoms with Crippen LogP contribution in [0, 0.1) is 3.70 Å². The van der Waals surface area contributed by atoms with E-state index in [0.717, 1.165) is 6.20 Å². The number of nitrogens with zero attached hydrogens (tertiary/aromatic N) is 2. The molecular formula is C8H8F3IN2O2. The predicted octanol–water partition coefficient (Wildman–Crippen LogP) is 2.23. The highest BCUT2D eigenvalue weighted by atomic mass is 127.